The SMILES string of the molecule is O=P(O)(O)O.S=C(S)NCCNC(=S)S. The van der Waals surface area contributed by atoms with Gasteiger partial charge in [-0.2, -0.15) is 0 Å². The summed E-state index contributed by atoms with van der Waals surface area (Å²) in [5.41, 5.74) is 0. The van der Waals surface area contributed by atoms with Gasteiger partial charge >= 0.3 is 7.82 Å². The van der Waals surface area contributed by atoms with Crippen molar-refractivity contribution in [3.05, 3.63) is 0 Å². The van der Waals surface area contributed by atoms with Crippen LogP contribution in [-0.2, 0) is 4.57 Å². The quantitative estimate of drug-likeness (QED) is 0.165. The zero-order chi connectivity index (χ0) is 12.5. The highest BCUT2D eigenvalue weighted by Crippen LogP contribution is 2.25. The van der Waals surface area contributed by atoms with Crippen molar-refractivity contribution < 1.29 is 19.2 Å². The summed E-state index contributed by atoms with van der Waals surface area (Å²) in [6.45, 7) is 1.42. The Morgan fingerprint density at radius 3 is 1.40 bits per heavy atom. The minimum absolute atomic E-state index is 0.492. The van der Waals surface area contributed by atoms with Crippen molar-refractivity contribution in [2.75, 3.05) is 13.1 Å². The van der Waals surface area contributed by atoms with E-state index in [0.717, 1.165) is 0 Å². The molecule has 0 bridgehead atoms. The molecule has 0 aliphatic heterocycles. The van der Waals surface area contributed by atoms with Crippen LogP contribution < -0.4 is 10.6 Å². The van der Waals surface area contributed by atoms with Gasteiger partial charge < -0.3 is 25.3 Å². The first-order chi connectivity index (χ1) is 6.63. The molecule has 11 heteroatoms. The second-order valence-electron chi connectivity index (χ2n) is 1.98. The Labute approximate surface area is 109 Å². The highest BCUT2D eigenvalue weighted by molar-refractivity contribution is 8.11. The van der Waals surface area contributed by atoms with Crippen molar-refractivity contribution in [1.29, 1.82) is 0 Å². The number of nitrogens with one attached hydrogen (secondary N) is 2. The van der Waals surface area contributed by atoms with Crippen molar-refractivity contribution in [3.63, 3.8) is 0 Å². The van der Waals surface area contributed by atoms with Gasteiger partial charge in [-0.1, -0.05) is 24.4 Å². The normalized spacial score (nSPS) is 9.67. The van der Waals surface area contributed by atoms with E-state index < -0.39 is 7.82 Å². The first kappa shape index (κ1) is 18.0. The third-order valence-corrected chi connectivity index (χ3v) is 1.28. The second kappa shape index (κ2) is 9.79. The topological polar surface area (TPSA) is 102 Å². The van der Waals surface area contributed by atoms with Crippen molar-refractivity contribution in [2.45, 2.75) is 0 Å². The predicted molar refractivity (Wildman–Crippen MR) is 73.4 cm³/mol. The highest BCUT2D eigenvalue weighted by Gasteiger charge is 2.00. The summed E-state index contributed by atoms with van der Waals surface area (Å²) < 4.78 is 9.87. The van der Waals surface area contributed by atoms with Crippen molar-refractivity contribution >= 4 is 66.2 Å². The summed E-state index contributed by atoms with van der Waals surface area (Å²) in [6.07, 6.45) is 0. The lowest BCUT2D eigenvalue weighted by molar-refractivity contribution is 0.275. The molecule has 5 N–H and O–H groups in total. The molecule has 0 unspecified atom stereocenters. The molecule has 0 radical (unpaired) electrons. The number of thiocarbonyl (C=S) groups is 2. The molecule has 0 fully saturated rings. The van der Waals surface area contributed by atoms with E-state index in [0.29, 0.717) is 21.7 Å². The lowest BCUT2D eigenvalue weighted by Gasteiger charge is -2.03. The molecule has 0 saturated heterocycles. The van der Waals surface area contributed by atoms with Gasteiger partial charge in [-0.25, -0.2) is 4.57 Å². The van der Waals surface area contributed by atoms with Gasteiger partial charge in [0.1, 0.15) is 8.64 Å². The lowest BCUT2D eigenvalue weighted by Crippen LogP contribution is -2.29. The van der Waals surface area contributed by atoms with Crippen LogP contribution in [0.25, 0.3) is 0 Å². The molecule has 6 nitrogen and oxygen atoms in total. The zero-order valence-electron chi connectivity index (χ0n) is 7.32. The molecule has 0 heterocycles. The van der Waals surface area contributed by atoms with E-state index in [4.69, 9.17) is 19.2 Å². The highest BCUT2D eigenvalue weighted by atomic mass is 32.1. The minimum atomic E-state index is -4.64. The molecule has 0 spiro atoms. The fourth-order valence-electron chi connectivity index (χ4n) is 0.339. The van der Waals surface area contributed by atoms with Crippen LogP contribution in [0.1, 0.15) is 0 Å². The van der Waals surface area contributed by atoms with E-state index in [1.807, 2.05) is 0 Å². The molecule has 0 aromatic heterocycles. The van der Waals surface area contributed by atoms with Gasteiger partial charge in [-0.3, -0.25) is 0 Å². The van der Waals surface area contributed by atoms with E-state index in [1.54, 1.807) is 0 Å². The Hall–Kier alpha value is 0.590. The van der Waals surface area contributed by atoms with Crippen molar-refractivity contribution in [2.24, 2.45) is 0 Å². The van der Waals surface area contributed by atoms with Crippen molar-refractivity contribution in [1.82, 2.24) is 10.6 Å². The Kier molecular flexibility index (Phi) is 11.7. The Balaban J connectivity index is 0. The maximum Gasteiger partial charge on any atom is 0.466 e. The average molecular weight is 310 g/mol. The molecule has 0 aromatic rings. The Morgan fingerprint density at radius 1 is 1.07 bits per heavy atom. The maximum atomic E-state index is 8.88. The predicted octanol–water partition coefficient (Wildman–Crippen LogP) is -0.334. The third kappa shape index (κ3) is 40.1. The van der Waals surface area contributed by atoms with E-state index in [-0.39, 0.29) is 0 Å². The van der Waals surface area contributed by atoms with Crippen LogP contribution >= 0.6 is 57.5 Å². The van der Waals surface area contributed by atoms with Gasteiger partial charge in [0.2, 0.25) is 0 Å². The van der Waals surface area contributed by atoms with E-state index >= 15 is 0 Å². The van der Waals surface area contributed by atoms with E-state index in [1.165, 1.54) is 0 Å². The second-order valence-corrected chi connectivity index (χ2v) is 5.32. The molecule has 0 aromatic carbocycles. The fraction of sp³-hybridized carbons (Fsp3) is 0.500. The van der Waals surface area contributed by atoms with Gasteiger partial charge in [0.25, 0.3) is 0 Å². The zero-order valence-corrected chi connectivity index (χ0v) is 11.6. The first-order valence-electron chi connectivity index (χ1n) is 3.35. The number of phosphoric acid groups is 1. The number of hydrogen-bond acceptors (Lipinski definition) is 3. The van der Waals surface area contributed by atoms with Gasteiger partial charge in [0.05, 0.1) is 0 Å². The van der Waals surface area contributed by atoms with Crippen LogP contribution in [0.3, 0.4) is 0 Å². The summed E-state index contributed by atoms with van der Waals surface area (Å²) >= 11 is 17.0. The van der Waals surface area contributed by atoms with Crippen LogP contribution in [-0.4, -0.2) is 36.4 Å². The summed E-state index contributed by atoms with van der Waals surface area (Å²) in [5, 5.41) is 5.68. The van der Waals surface area contributed by atoms with Crippen molar-refractivity contribution in [3.8, 4) is 0 Å². The monoisotopic (exact) mass is 310 g/mol. The minimum Gasteiger partial charge on any atom is -0.369 e. The Bertz CT molecular complexity index is 233. The van der Waals surface area contributed by atoms with E-state index in [9.17, 15) is 0 Å². The van der Waals surface area contributed by atoms with Gasteiger partial charge in [-0.15, -0.1) is 25.3 Å². The van der Waals surface area contributed by atoms with Crippen LogP contribution in [0.5, 0.6) is 0 Å². The molecule has 0 saturated carbocycles. The maximum absolute atomic E-state index is 8.88. The molecule has 0 amide bonds. The summed E-state index contributed by atoms with van der Waals surface area (Å²) in [5.74, 6) is 0. The largest absolute Gasteiger partial charge is 0.466 e. The molecule has 90 valence electrons. The van der Waals surface area contributed by atoms with Gasteiger partial charge in [0, 0.05) is 13.1 Å². The first-order valence-corrected chi connectivity index (χ1v) is 6.62. The Morgan fingerprint density at radius 2 is 1.27 bits per heavy atom. The van der Waals surface area contributed by atoms with Crippen LogP contribution in [0.2, 0.25) is 0 Å². The summed E-state index contributed by atoms with van der Waals surface area (Å²) in [4.78, 5) is 21.6. The molecule has 15 heavy (non-hydrogen) atoms. The smallest absolute Gasteiger partial charge is 0.369 e. The lowest BCUT2D eigenvalue weighted by atomic mass is 10.6. The molecular formula is C4H11N2O4PS4. The summed E-state index contributed by atoms with van der Waals surface area (Å²) in [6, 6.07) is 0. The fourth-order valence-corrected chi connectivity index (χ4v) is 0.767. The van der Waals surface area contributed by atoms with Gasteiger partial charge in [0.15, 0.2) is 0 Å². The van der Waals surface area contributed by atoms with Crippen LogP contribution in [0.4, 0.5) is 0 Å². The molecular weight excluding hydrogens is 299 g/mol. The third-order valence-electron chi connectivity index (χ3n) is 0.677. The van der Waals surface area contributed by atoms with Crippen LogP contribution in [0, 0.1) is 0 Å². The molecule has 0 aliphatic carbocycles. The molecule has 0 rings (SSSR count). The average Bonchev–Trinajstić information content (AvgIpc) is 1.94. The number of thiol groups is 2. The summed E-state index contributed by atoms with van der Waals surface area (Å²) in [7, 11) is -4.64. The molecule has 0 atom stereocenters. The number of hydrogen-bond donors (Lipinski definition) is 7. The van der Waals surface area contributed by atoms with Gasteiger partial charge in [-0.05, 0) is 0 Å². The van der Waals surface area contributed by atoms with E-state index in [2.05, 4.69) is 60.3 Å². The van der Waals surface area contributed by atoms with Crippen LogP contribution in [0.15, 0.2) is 0 Å². The molecule has 0 aliphatic rings. The number of rotatable bonds is 3. The standard InChI is InChI=1S/C4H8N2S4.H3O4P/c7-3(8)5-1-2-6-4(9)10;1-5(2,3)4/h1-2H2,(H2,5,7,8)(H2,6,9,10);(H3,1,2,3,4).